The minimum Gasteiger partial charge on any atom is -0.451 e. The van der Waals surface area contributed by atoms with Gasteiger partial charge in [0.05, 0.1) is 6.10 Å². The van der Waals surface area contributed by atoms with Gasteiger partial charge in [-0.1, -0.05) is 60.7 Å². The van der Waals surface area contributed by atoms with Crippen molar-refractivity contribution in [3.8, 4) is 0 Å². The Hall–Kier alpha value is -2.38. The zero-order valence-corrected chi connectivity index (χ0v) is 15.3. The van der Waals surface area contributed by atoms with Crippen LogP contribution in [-0.4, -0.2) is 35.5 Å². The second kappa shape index (κ2) is 10.2. The van der Waals surface area contributed by atoms with Crippen LogP contribution < -0.4 is 5.73 Å². The van der Waals surface area contributed by atoms with E-state index in [1.807, 2.05) is 30.3 Å². The largest absolute Gasteiger partial charge is 0.490 e. The minimum atomic E-state index is -5.14. The smallest absolute Gasteiger partial charge is 0.451 e. The van der Waals surface area contributed by atoms with Crippen LogP contribution in [0.25, 0.3) is 0 Å². The Balaban J connectivity index is 2.02. The number of aliphatic hydroxyl groups is 1. The highest BCUT2D eigenvalue weighted by Crippen LogP contribution is 2.22. The Morgan fingerprint density at radius 1 is 1.00 bits per heavy atom. The summed E-state index contributed by atoms with van der Waals surface area (Å²) in [6, 6.07) is 17.4. The number of benzene rings is 2. The van der Waals surface area contributed by atoms with Crippen molar-refractivity contribution < 1.29 is 27.8 Å². The van der Waals surface area contributed by atoms with Crippen molar-refractivity contribution >= 4 is 5.97 Å². The molecule has 0 saturated heterocycles. The first-order chi connectivity index (χ1) is 13.3. The molecule has 0 amide bonds. The average molecular weight is 395 g/mol. The number of aliphatic hydroxyl groups excluding tert-OH is 1. The quantitative estimate of drug-likeness (QED) is 0.639. The third-order valence-electron chi connectivity index (χ3n) is 4.40. The van der Waals surface area contributed by atoms with Crippen molar-refractivity contribution in [3.63, 3.8) is 0 Å². The number of esters is 1. The van der Waals surface area contributed by atoms with Crippen molar-refractivity contribution in [1.29, 1.82) is 0 Å². The zero-order chi connectivity index (χ0) is 20.6. The molecule has 2 aromatic carbocycles. The fourth-order valence-electron chi connectivity index (χ4n) is 2.97. The molecule has 0 heterocycles. The lowest BCUT2D eigenvalue weighted by molar-refractivity contribution is -0.210. The molecule has 0 spiro atoms. The summed E-state index contributed by atoms with van der Waals surface area (Å²) in [5, 5.41) is 10.4. The molecule has 0 bridgehead atoms. The summed E-state index contributed by atoms with van der Waals surface area (Å²) in [6.45, 7) is 0. The summed E-state index contributed by atoms with van der Waals surface area (Å²) < 4.78 is 42.5. The maximum Gasteiger partial charge on any atom is 0.490 e. The van der Waals surface area contributed by atoms with Gasteiger partial charge in [0.2, 0.25) is 0 Å². The van der Waals surface area contributed by atoms with Crippen LogP contribution in [0.3, 0.4) is 0 Å². The number of halogens is 3. The van der Waals surface area contributed by atoms with E-state index in [2.05, 4.69) is 4.74 Å². The number of carbonyl (C=O) groups excluding carboxylic acids is 1. The third-order valence-corrected chi connectivity index (χ3v) is 4.40. The predicted octanol–water partition coefficient (Wildman–Crippen LogP) is 3.41. The van der Waals surface area contributed by atoms with E-state index in [1.54, 1.807) is 30.3 Å². The van der Waals surface area contributed by atoms with E-state index in [9.17, 15) is 23.1 Å². The number of ether oxygens (including phenoxy) is 1. The van der Waals surface area contributed by atoms with E-state index in [0.717, 1.165) is 11.1 Å². The molecule has 0 fully saturated rings. The first-order valence-corrected chi connectivity index (χ1v) is 9.06. The van der Waals surface area contributed by atoms with Gasteiger partial charge in [0, 0.05) is 6.04 Å². The van der Waals surface area contributed by atoms with Crippen LogP contribution in [0.2, 0.25) is 0 Å². The van der Waals surface area contributed by atoms with Gasteiger partial charge in [-0.25, -0.2) is 4.79 Å². The average Bonchev–Trinajstić information content (AvgIpc) is 2.66. The predicted molar refractivity (Wildman–Crippen MR) is 99.4 cm³/mol. The first kappa shape index (κ1) is 21.9. The van der Waals surface area contributed by atoms with Crippen LogP contribution in [0, 0.1) is 0 Å². The molecule has 0 unspecified atom stereocenters. The van der Waals surface area contributed by atoms with E-state index in [1.165, 1.54) is 0 Å². The lowest BCUT2D eigenvalue weighted by atomic mass is 9.95. The van der Waals surface area contributed by atoms with E-state index >= 15 is 0 Å². The lowest BCUT2D eigenvalue weighted by Crippen LogP contribution is -2.49. The molecule has 0 radical (unpaired) electrons. The molecule has 0 aromatic heterocycles. The van der Waals surface area contributed by atoms with Crippen molar-refractivity contribution in [2.45, 2.75) is 50.1 Å². The van der Waals surface area contributed by atoms with Gasteiger partial charge in [0.1, 0.15) is 6.10 Å². The Morgan fingerprint density at radius 2 is 1.54 bits per heavy atom. The number of aryl methyl sites for hydroxylation is 1. The fourth-order valence-corrected chi connectivity index (χ4v) is 2.97. The summed E-state index contributed by atoms with van der Waals surface area (Å²) in [4.78, 5) is 11.3. The van der Waals surface area contributed by atoms with E-state index in [-0.39, 0.29) is 12.8 Å². The number of carbonyl (C=O) groups is 1. The third kappa shape index (κ3) is 6.98. The summed E-state index contributed by atoms with van der Waals surface area (Å²) in [5.41, 5.74) is 7.85. The zero-order valence-electron chi connectivity index (χ0n) is 15.3. The minimum absolute atomic E-state index is 0.160. The fraction of sp³-hybridized carbons (Fsp3) is 0.381. The summed E-state index contributed by atoms with van der Waals surface area (Å²) in [6.07, 6.45) is -6.40. The molecule has 2 rings (SSSR count). The highest BCUT2D eigenvalue weighted by molar-refractivity contribution is 5.75. The molecule has 3 N–H and O–H groups in total. The summed E-state index contributed by atoms with van der Waals surface area (Å²) >= 11 is 0. The Bertz CT molecular complexity index is 723. The first-order valence-electron chi connectivity index (χ1n) is 9.06. The highest BCUT2D eigenvalue weighted by atomic mass is 19.4. The molecule has 2 aromatic rings. The Labute approximate surface area is 162 Å². The molecule has 0 saturated carbocycles. The van der Waals surface area contributed by atoms with Crippen molar-refractivity contribution in [2.24, 2.45) is 5.73 Å². The van der Waals surface area contributed by atoms with E-state index in [0.29, 0.717) is 12.8 Å². The van der Waals surface area contributed by atoms with Gasteiger partial charge in [-0.15, -0.1) is 0 Å². The monoisotopic (exact) mass is 395 g/mol. The van der Waals surface area contributed by atoms with Gasteiger partial charge in [0.15, 0.2) is 0 Å². The molecule has 0 aliphatic carbocycles. The molecule has 152 valence electrons. The molecule has 3 atom stereocenters. The Morgan fingerprint density at radius 3 is 2.07 bits per heavy atom. The van der Waals surface area contributed by atoms with Gasteiger partial charge in [-0.2, -0.15) is 13.2 Å². The van der Waals surface area contributed by atoms with Crippen molar-refractivity contribution in [2.75, 3.05) is 0 Å². The van der Waals surface area contributed by atoms with Crippen LogP contribution in [0.15, 0.2) is 60.7 Å². The second-order valence-electron chi connectivity index (χ2n) is 6.67. The van der Waals surface area contributed by atoms with Gasteiger partial charge in [-0.3, -0.25) is 0 Å². The SMILES string of the molecule is N[C@@H](Cc1ccccc1)[C@@H](OC(=O)C(F)(F)F)[C@H](O)CCCc1ccccc1. The van der Waals surface area contributed by atoms with Gasteiger partial charge >= 0.3 is 12.1 Å². The molecular weight excluding hydrogens is 371 g/mol. The van der Waals surface area contributed by atoms with Crippen LogP contribution in [0.4, 0.5) is 13.2 Å². The highest BCUT2D eigenvalue weighted by Gasteiger charge is 2.44. The van der Waals surface area contributed by atoms with Crippen molar-refractivity contribution in [1.82, 2.24) is 0 Å². The topological polar surface area (TPSA) is 72.5 Å². The lowest BCUT2D eigenvalue weighted by Gasteiger charge is -2.29. The van der Waals surface area contributed by atoms with Crippen molar-refractivity contribution in [3.05, 3.63) is 71.8 Å². The van der Waals surface area contributed by atoms with Gasteiger partial charge in [0.25, 0.3) is 0 Å². The van der Waals surface area contributed by atoms with Crippen LogP contribution in [-0.2, 0) is 22.4 Å². The van der Waals surface area contributed by atoms with E-state index in [4.69, 9.17) is 5.73 Å². The molecule has 0 aliphatic rings. The number of rotatable bonds is 9. The number of alkyl halides is 3. The van der Waals surface area contributed by atoms with E-state index < -0.39 is 30.4 Å². The summed E-state index contributed by atoms with van der Waals surface area (Å²) in [5.74, 6) is -2.34. The molecule has 4 nitrogen and oxygen atoms in total. The molecule has 0 aliphatic heterocycles. The standard InChI is InChI=1S/C21H24F3NO3/c22-21(23,24)20(27)28-19(17(25)14-16-10-5-2-6-11-16)18(26)13-7-12-15-8-3-1-4-9-15/h1-6,8-11,17-19,26H,7,12-14,25H2/t17-,18+,19+/m0/s1. The van der Waals surface area contributed by atoms with Crippen LogP contribution >= 0.6 is 0 Å². The molecule has 7 heteroatoms. The number of hydrogen-bond donors (Lipinski definition) is 2. The van der Waals surface area contributed by atoms with Crippen LogP contribution in [0.1, 0.15) is 24.0 Å². The number of nitrogens with two attached hydrogens (primary N) is 1. The Kier molecular flexibility index (Phi) is 8.02. The maximum atomic E-state index is 12.6. The maximum absolute atomic E-state index is 12.6. The molecule has 28 heavy (non-hydrogen) atoms. The normalized spacial score (nSPS) is 14.9. The van der Waals surface area contributed by atoms with Crippen LogP contribution in [0.5, 0.6) is 0 Å². The summed E-state index contributed by atoms with van der Waals surface area (Å²) in [7, 11) is 0. The second-order valence-corrected chi connectivity index (χ2v) is 6.67. The van der Waals surface area contributed by atoms with Gasteiger partial charge in [-0.05, 0) is 36.8 Å². The molecular formula is C21H24F3NO3. The number of hydrogen-bond acceptors (Lipinski definition) is 4. The van der Waals surface area contributed by atoms with Gasteiger partial charge < -0.3 is 15.6 Å².